The molecule has 0 radical (unpaired) electrons. The number of rotatable bonds is 4. The van der Waals surface area contributed by atoms with Gasteiger partial charge in [-0.2, -0.15) is 5.16 Å². The van der Waals surface area contributed by atoms with Crippen LogP contribution in [0.2, 0.25) is 0 Å². The van der Waals surface area contributed by atoms with Gasteiger partial charge in [0.05, 0.1) is 5.56 Å². The summed E-state index contributed by atoms with van der Waals surface area (Å²) in [4.78, 5) is 22.3. The Kier molecular flexibility index (Phi) is 3.48. The Morgan fingerprint density at radius 2 is 2.05 bits per heavy atom. The van der Waals surface area contributed by atoms with E-state index in [1.807, 2.05) is 0 Å². The van der Waals surface area contributed by atoms with Crippen molar-refractivity contribution < 1.29 is 18.8 Å². The first-order valence-electron chi connectivity index (χ1n) is 5.43. The van der Waals surface area contributed by atoms with Gasteiger partial charge in [0, 0.05) is 12.0 Å². The molecule has 100 valence electrons. The number of aromatic nitrogens is 1. The van der Waals surface area contributed by atoms with E-state index in [0.717, 1.165) is 0 Å². The number of carbonyl (C=O) groups is 1. The summed E-state index contributed by atoms with van der Waals surface area (Å²) in [5, 5.41) is 10.9. The predicted molar refractivity (Wildman–Crippen MR) is 64.0 cm³/mol. The quantitative estimate of drug-likeness (QED) is 0.755. The fourth-order valence-corrected chi connectivity index (χ4v) is 1.65. The van der Waals surface area contributed by atoms with Crippen LogP contribution < -0.4 is 11.3 Å². The number of carboxylic acids is 1. The Labute approximate surface area is 106 Å². The molecule has 1 atom stereocenters. The predicted octanol–water partition coefficient (Wildman–Crippen LogP) is 0.728. The Hall–Kier alpha value is -2.41. The molecule has 19 heavy (non-hydrogen) atoms. The van der Waals surface area contributed by atoms with E-state index in [0.29, 0.717) is 5.56 Å². The first kappa shape index (κ1) is 13.0. The fourth-order valence-electron chi connectivity index (χ4n) is 1.65. The smallest absolute Gasteiger partial charge is 0.320 e. The molecular formula is C12H11FN2O4. The summed E-state index contributed by atoms with van der Waals surface area (Å²) in [5.41, 5.74) is 5.44. The lowest BCUT2D eigenvalue weighted by molar-refractivity contribution is -0.138. The number of carboxylic acid groups (broad SMARTS) is 1. The van der Waals surface area contributed by atoms with Crippen LogP contribution in [0.5, 0.6) is 0 Å². The van der Waals surface area contributed by atoms with Crippen molar-refractivity contribution in [2.24, 2.45) is 5.73 Å². The van der Waals surface area contributed by atoms with Gasteiger partial charge >= 0.3 is 5.97 Å². The number of aliphatic carboxylic acids is 1. The standard InChI is InChI=1S/C12H11FN2O4/c13-7-3-1-6(2-4-7)10-8(11(16)15-19-10)5-9(14)12(17)18/h1-4,9H,5,14H2,(H,15,16)(H,17,18)/t9-/m0/s1. The minimum Gasteiger partial charge on any atom is -0.480 e. The van der Waals surface area contributed by atoms with E-state index in [2.05, 4.69) is 5.16 Å². The van der Waals surface area contributed by atoms with E-state index in [9.17, 15) is 14.0 Å². The van der Waals surface area contributed by atoms with Crippen LogP contribution in [0.3, 0.4) is 0 Å². The average molecular weight is 266 g/mol. The molecule has 0 saturated heterocycles. The summed E-state index contributed by atoms with van der Waals surface area (Å²) in [6.45, 7) is 0. The van der Waals surface area contributed by atoms with Crippen molar-refractivity contribution >= 4 is 5.97 Å². The number of halogens is 1. The molecule has 0 bridgehead atoms. The van der Waals surface area contributed by atoms with Gasteiger partial charge in [-0.1, -0.05) is 0 Å². The van der Waals surface area contributed by atoms with E-state index >= 15 is 0 Å². The highest BCUT2D eigenvalue weighted by molar-refractivity contribution is 5.74. The molecule has 1 heterocycles. The number of nitrogens with two attached hydrogens (primary N) is 1. The van der Waals surface area contributed by atoms with Gasteiger partial charge in [-0.05, 0) is 24.3 Å². The second-order valence-electron chi connectivity index (χ2n) is 4.00. The average Bonchev–Trinajstić information content (AvgIpc) is 2.72. The molecule has 0 spiro atoms. The van der Waals surface area contributed by atoms with Crippen LogP contribution in [0.15, 0.2) is 33.6 Å². The van der Waals surface area contributed by atoms with Crippen LogP contribution in [0.25, 0.3) is 11.3 Å². The Bertz CT molecular complexity index is 644. The number of H-pyrrole nitrogens is 1. The van der Waals surface area contributed by atoms with E-state index in [4.69, 9.17) is 15.4 Å². The highest BCUT2D eigenvalue weighted by Gasteiger charge is 2.21. The number of hydrogen-bond donors (Lipinski definition) is 3. The molecule has 2 aromatic rings. The van der Waals surface area contributed by atoms with Crippen molar-refractivity contribution in [3.05, 3.63) is 46.0 Å². The summed E-state index contributed by atoms with van der Waals surface area (Å²) in [7, 11) is 0. The maximum atomic E-state index is 12.8. The molecule has 0 aliphatic rings. The van der Waals surface area contributed by atoms with Gasteiger partial charge in [-0.25, -0.2) is 4.39 Å². The molecule has 1 aromatic heterocycles. The lowest BCUT2D eigenvalue weighted by Gasteiger charge is -2.05. The molecule has 0 aliphatic heterocycles. The molecular weight excluding hydrogens is 255 g/mol. The van der Waals surface area contributed by atoms with Crippen LogP contribution in [0, 0.1) is 5.82 Å². The topological polar surface area (TPSA) is 109 Å². The van der Waals surface area contributed by atoms with Gasteiger partial charge in [-0.15, -0.1) is 0 Å². The van der Waals surface area contributed by atoms with Gasteiger partial charge < -0.3 is 15.4 Å². The summed E-state index contributed by atoms with van der Waals surface area (Å²) < 4.78 is 17.8. The largest absolute Gasteiger partial charge is 0.480 e. The Morgan fingerprint density at radius 3 is 2.63 bits per heavy atom. The molecule has 0 saturated carbocycles. The first-order chi connectivity index (χ1) is 8.99. The van der Waals surface area contributed by atoms with E-state index in [1.54, 1.807) is 0 Å². The zero-order chi connectivity index (χ0) is 14.0. The SMILES string of the molecule is N[C@@H](Cc1c(-c2ccc(F)cc2)o[nH]c1=O)C(=O)O. The second-order valence-corrected chi connectivity index (χ2v) is 4.00. The molecule has 0 fully saturated rings. The lowest BCUT2D eigenvalue weighted by atomic mass is 10.0. The van der Waals surface area contributed by atoms with Crippen molar-refractivity contribution in [3.8, 4) is 11.3 Å². The minimum absolute atomic E-state index is 0.126. The van der Waals surface area contributed by atoms with Gasteiger partial charge in [0.2, 0.25) is 0 Å². The number of aromatic amines is 1. The van der Waals surface area contributed by atoms with Crippen LogP contribution in [-0.4, -0.2) is 22.3 Å². The van der Waals surface area contributed by atoms with Crippen molar-refractivity contribution in [1.29, 1.82) is 0 Å². The third kappa shape index (κ3) is 2.71. The van der Waals surface area contributed by atoms with Gasteiger partial charge in [0.25, 0.3) is 5.56 Å². The van der Waals surface area contributed by atoms with E-state index in [1.165, 1.54) is 24.3 Å². The van der Waals surface area contributed by atoms with Crippen molar-refractivity contribution in [2.45, 2.75) is 12.5 Å². The Morgan fingerprint density at radius 1 is 1.42 bits per heavy atom. The monoisotopic (exact) mass is 266 g/mol. The highest BCUT2D eigenvalue weighted by atomic mass is 19.1. The lowest BCUT2D eigenvalue weighted by Crippen LogP contribution is -2.33. The van der Waals surface area contributed by atoms with Crippen LogP contribution in [0.1, 0.15) is 5.56 Å². The molecule has 7 heteroatoms. The van der Waals surface area contributed by atoms with Gasteiger partial charge in [0.1, 0.15) is 11.9 Å². The van der Waals surface area contributed by atoms with Crippen LogP contribution in [-0.2, 0) is 11.2 Å². The first-order valence-corrected chi connectivity index (χ1v) is 5.43. The van der Waals surface area contributed by atoms with Crippen molar-refractivity contribution in [3.63, 3.8) is 0 Å². The van der Waals surface area contributed by atoms with E-state index < -0.39 is 23.4 Å². The van der Waals surface area contributed by atoms with E-state index in [-0.39, 0.29) is 17.7 Å². The van der Waals surface area contributed by atoms with Gasteiger partial charge in [0.15, 0.2) is 5.76 Å². The summed E-state index contributed by atoms with van der Waals surface area (Å²) >= 11 is 0. The van der Waals surface area contributed by atoms with Gasteiger partial charge in [-0.3, -0.25) is 9.59 Å². The molecule has 0 aliphatic carbocycles. The third-order valence-electron chi connectivity index (χ3n) is 2.64. The number of hydrogen-bond acceptors (Lipinski definition) is 4. The number of nitrogens with one attached hydrogen (secondary N) is 1. The normalized spacial score (nSPS) is 12.3. The van der Waals surface area contributed by atoms with Crippen LogP contribution >= 0.6 is 0 Å². The maximum Gasteiger partial charge on any atom is 0.320 e. The zero-order valence-corrected chi connectivity index (χ0v) is 9.72. The summed E-state index contributed by atoms with van der Waals surface area (Å²) in [5.74, 6) is -1.47. The van der Waals surface area contributed by atoms with Crippen molar-refractivity contribution in [2.75, 3.05) is 0 Å². The molecule has 1 aromatic carbocycles. The van der Waals surface area contributed by atoms with Crippen LogP contribution in [0.4, 0.5) is 4.39 Å². The van der Waals surface area contributed by atoms with Crippen molar-refractivity contribution in [1.82, 2.24) is 5.16 Å². The molecule has 4 N–H and O–H groups in total. The molecule has 6 nitrogen and oxygen atoms in total. The third-order valence-corrected chi connectivity index (χ3v) is 2.64. The Balaban J connectivity index is 2.40. The second kappa shape index (κ2) is 5.07. The summed E-state index contributed by atoms with van der Waals surface area (Å²) in [6, 6.07) is 4.07. The maximum absolute atomic E-state index is 12.8. The zero-order valence-electron chi connectivity index (χ0n) is 9.72. The summed E-state index contributed by atoms with van der Waals surface area (Å²) in [6.07, 6.45) is -0.173. The molecule has 0 amide bonds. The highest BCUT2D eigenvalue weighted by Crippen LogP contribution is 2.22. The fraction of sp³-hybridized carbons (Fsp3) is 0.167. The number of benzene rings is 1. The molecule has 2 rings (SSSR count). The molecule has 0 unspecified atom stereocenters. The minimum atomic E-state index is -1.22.